The molecule has 2 aromatic rings. The van der Waals surface area contributed by atoms with Crippen LogP contribution in [0, 0.1) is 5.82 Å². The Kier molecular flexibility index (Phi) is 5.25. The Morgan fingerprint density at radius 2 is 1.89 bits per heavy atom. The number of rotatable bonds is 5. The molecule has 0 aromatic heterocycles. The lowest BCUT2D eigenvalue weighted by molar-refractivity contribution is 0.626. The molecule has 2 aromatic carbocycles. The third kappa shape index (κ3) is 4.23. The van der Waals surface area contributed by atoms with Crippen LogP contribution in [0.4, 0.5) is 4.39 Å². The minimum absolute atomic E-state index is 0.215. The second-order valence-corrected chi connectivity index (χ2v) is 5.64. The highest BCUT2D eigenvalue weighted by molar-refractivity contribution is 7.99. The lowest BCUT2D eigenvalue weighted by atomic mass is 10.2. The summed E-state index contributed by atoms with van der Waals surface area (Å²) in [6.07, 6.45) is 0. The van der Waals surface area contributed by atoms with Crippen molar-refractivity contribution in [3.05, 3.63) is 58.9 Å². The molecule has 0 aliphatic heterocycles. The fourth-order valence-electron chi connectivity index (χ4n) is 1.68. The van der Waals surface area contributed by atoms with Gasteiger partial charge in [0.15, 0.2) is 0 Å². The number of benzene rings is 2. The first-order valence-corrected chi connectivity index (χ1v) is 7.31. The Balaban J connectivity index is 2.20. The van der Waals surface area contributed by atoms with E-state index in [1.54, 1.807) is 23.9 Å². The highest BCUT2D eigenvalue weighted by Crippen LogP contribution is 2.32. The van der Waals surface area contributed by atoms with Gasteiger partial charge < -0.3 is 5.32 Å². The maximum absolute atomic E-state index is 12.9. The predicted octanol–water partition coefficient (Wildman–Crippen LogP) is 4.74. The topological polar surface area (TPSA) is 12.0 Å². The third-order valence-corrected chi connectivity index (χ3v) is 3.99. The van der Waals surface area contributed by atoms with Crippen LogP contribution in [0.15, 0.2) is 52.3 Å². The minimum Gasteiger partial charge on any atom is -0.313 e. The largest absolute Gasteiger partial charge is 0.313 e. The van der Waals surface area contributed by atoms with Crippen molar-refractivity contribution < 1.29 is 4.39 Å². The van der Waals surface area contributed by atoms with Gasteiger partial charge in [-0.1, -0.05) is 30.3 Å². The van der Waals surface area contributed by atoms with Gasteiger partial charge in [0.25, 0.3) is 0 Å². The van der Waals surface area contributed by atoms with Gasteiger partial charge in [-0.05, 0) is 54.6 Å². The van der Waals surface area contributed by atoms with Crippen LogP contribution < -0.4 is 5.32 Å². The van der Waals surface area contributed by atoms with E-state index in [1.807, 2.05) is 18.2 Å². The van der Waals surface area contributed by atoms with Crippen molar-refractivity contribution in [2.24, 2.45) is 0 Å². The molecule has 0 unspecified atom stereocenters. The maximum Gasteiger partial charge on any atom is 0.123 e. The van der Waals surface area contributed by atoms with Gasteiger partial charge in [0.1, 0.15) is 5.82 Å². The van der Waals surface area contributed by atoms with Crippen molar-refractivity contribution >= 4 is 23.4 Å². The summed E-state index contributed by atoms with van der Waals surface area (Å²) in [5.41, 5.74) is 1.16. The molecule has 19 heavy (non-hydrogen) atoms. The van der Waals surface area contributed by atoms with Gasteiger partial charge in [0, 0.05) is 21.4 Å². The van der Waals surface area contributed by atoms with Crippen molar-refractivity contribution in [2.45, 2.75) is 23.3 Å². The fraction of sp³-hybridized carbons (Fsp3) is 0.200. The first-order valence-electron chi connectivity index (χ1n) is 6.11. The van der Waals surface area contributed by atoms with E-state index >= 15 is 0 Å². The summed E-state index contributed by atoms with van der Waals surface area (Å²) >= 11 is 7.65. The van der Waals surface area contributed by atoms with Gasteiger partial charge >= 0.3 is 0 Å². The molecule has 0 amide bonds. The molecule has 0 spiro atoms. The SMILES string of the molecule is CCNCc1cc(Cl)ccc1Sc1ccc(F)cc1. The van der Waals surface area contributed by atoms with Crippen molar-refractivity contribution in [1.82, 2.24) is 5.32 Å². The van der Waals surface area contributed by atoms with E-state index in [0.717, 1.165) is 33.5 Å². The molecule has 2 rings (SSSR count). The van der Waals surface area contributed by atoms with Crippen LogP contribution in [0.25, 0.3) is 0 Å². The molecular formula is C15H15ClFNS. The van der Waals surface area contributed by atoms with Gasteiger partial charge in [-0.15, -0.1) is 0 Å². The van der Waals surface area contributed by atoms with Crippen LogP contribution in [-0.2, 0) is 6.54 Å². The number of hydrogen-bond donors (Lipinski definition) is 1. The Morgan fingerprint density at radius 1 is 1.16 bits per heavy atom. The molecule has 0 atom stereocenters. The normalized spacial score (nSPS) is 10.7. The molecule has 1 N–H and O–H groups in total. The zero-order chi connectivity index (χ0) is 13.7. The zero-order valence-electron chi connectivity index (χ0n) is 10.6. The molecule has 0 fully saturated rings. The standard InChI is InChI=1S/C15H15ClFNS/c1-2-18-10-11-9-12(16)3-8-15(11)19-14-6-4-13(17)5-7-14/h3-9,18H,2,10H2,1H3. The molecule has 4 heteroatoms. The molecule has 0 aliphatic rings. The van der Waals surface area contributed by atoms with Crippen LogP contribution in [0.3, 0.4) is 0 Å². The summed E-state index contributed by atoms with van der Waals surface area (Å²) < 4.78 is 12.9. The van der Waals surface area contributed by atoms with E-state index in [-0.39, 0.29) is 5.82 Å². The van der Waals surface area contributed by atoms with E-state index in [4.69, 9.17) is 11.6 Å². The minimum atomic E-state index is -0.215. The Hall–Kier alpha value is -1.03. The molecule has 100 valence electrons. The quantitative estimate of drug-likeness (QED) is 0.855. The van der Waals surface area contributed by atoms with Crippen LogP contribution in [0.1, 0.15) is 12.5 Å². The highest BCUT2D eigenvalue weighted by Gasteiger charge is 2.05. The van der Waals surface area contributed by atoms with Gasteiger partial charge in [-0.3, -0.25) is 0 Å². The smallest absolute Gasteiger partial charge is 0.123 e. The monoisotopic (exact) mass is 295 g/mol. The van der Waals surface area contributed by atoms with E-state index in [2.05, 4.69) is 12.2 Å². The molecule has 1 nitrogen and oxygen atoms in total. The van der Waals surface area contributed by atoms with Crippen molar-refractivity contribution in [2.75, 3.05) is 6.54 Å². The fourth-order valence-corrected chi connectivity index (χ4v) is 2.79. The van der Waals surface area contributed by atoms with Crippen LogP contribution in [-0.4, -0.2) is 6.54 Å². The second kappa shape index (κ2) is 6.94. The van der Waals surface area contributed by atoms with Gasteiger partial charge in [0.05, 0.1) is 0 Å². The Morgan fingerprint density at radius 3 is 2.58 bits per heavy atom. The lowest BCUT2D eigenvalue weighted by Crippen LogP contribution is -2.12. The molecule has 0 radical (unpaired) electrons. The Labute approximate surface area is 122 Å². The summed E-state index contributed by atoms with van der Waals surface area (Å²) in [4.78, 5) is 2.15. The summed E-state index contributed by atoms with van der Waals surface area (Å²) in [5.74, 6) is -0.215. The number of halogens is 2. The van der Waals surface area contributed by atoms with E-state index in [0.29, 0.717) is 0 Å². The lowest BCUT2D eigenvalue weighted by Gasteiger charge is -2.10. The Bertz CT molecular complexity index is 542. The first-order chi connectivity index (χ1) is 9.19. The molecule has 0 saturated carbocycles. The van der Waals surface area contributed by atoms with E-state index in [1.165, 1.54) is 12.1 Å². The zero-order valence-corrected chi connectivity index (χ0v) is 12.2. The van der Waals surface area contributed by atoms with Crippen LogP contribution >= 0.6 is 23.4 Å². The van der Waals surface area contributed by atoms with E-state index < -0.39 is 0 Å². The summed E-state index contributed by atoms with van der Waals surface area (Å²) in [5, 5.41) is 4.03. The molecule has 0 bridgehead atoms. The van der Waals surface area contributed by atoms with Crippen LogP contribution in [0.2, 0.25) is 5.02 Å². The maximum atomic E-state index is 12.9. The van der Waals surface area contributed by atoms with Crippen molar-refractivity contribution in [1.29, 1.82) is 0 Å². The molecule has 0 aliphatic carbocycles. The summed E-state index contributed by atoms with van der Waals surface area (Å²) in [6.45, 7) is 3.76. The van der Waals surface area contributed by atoms with Gasteiger partial charge in [-0.25, -0.2) is 4.39 Å². The van der Waals surface area contributed by atoms with Crippen molar-refractivity contribution in [3.63, 3.8) is 0 Å². The molecule has 0 heterocycles. The molecule has 0 saturated heterocycles. The predicted molar refractivity (Wildman–Crippen MR) is 79.4 cm³/mol. The van der Waals surface area contributed by atoms with E-state index in [9.17, 15) is 4.39 Å². The third-order valence-electron chi connectivity index (χ3n) is 2.63. The average Bonchev–Trinajstić information content (AvgIpc) is 2.41. The first kappa shape index (κ1) is 14.4. The summed E-state index contributed by atoms with van der Waals surface area (Å²) in [6, 6.07) is 12.4. The highest BCUT2D eigenvalue weighted by atomic mass is 35.5. The second-order valence-electron chi connectivity index (χ2n) is 4.09. The van der Waals surface area contributed by atoms with Gasteiger partial charge in [-0.2, -0.15) is 0 Å². The number of hydrogen-bond acceptors (Lipinski definition) is 2. The van der Waals surface area contributed by atoms with Crippen molar-refractivity contribution in [3.8, 4) is 0 Å². The summed E-state index contributed by atoms with van der Waals surface area (Å²) in [7, 11) is 0. The van der Waals surface area contributed by atoms with Crippen LogP contribution in [0.5, 0.6) is 0 Å². The number of nitrogens with one attached hydrogen (secondary N) is 1. The van der Waals surface area contributed by atoms with Gasteiger partial charge in [0.2, 0.25) is 0 Å². The molecular weight excluding hydrogens is 281 g/mol. The average molecular weight is 296 g/mol.